The van der Waals surface area contributed by atoms with Gasteiger partial charge < -0.3 is 11.1 Å². The molecule has 0 spiro atoms. The Morgan fingerprint density at radius 2 is 2.06 bits per heavy atom. The molecule has 0 saturated carbocycles. The Hall–Kier alpha value is -1.88. The topological polar surface area (TPSA) is 63.8 Å². The average Bonchev–Trinajstić information content (AvgIpc) is 2.23. The van der Waals surface area contributed by atoms with Crippen LogP contribution in [0.25, 0.3) is 0 Å². The summed E-state index contributed by atoms with van der Waals surface area (Å²) in [7, 11) is 0. The molecule has 1 heterocycles. The Morgan fingerprint density at radius 1 is 1.29 bits per heavy atom. The van der Waals surface area contributed by atoms with Gasteiger partial charge in [0.05, 0.1) is 0 Å². The highest BCUT2D eigenvalue weighted by atomic mass is 35.5. The van der Waals surface area contributed by atoms with Crippen LogP contribution in [0.3, 0.4) is 0 Å². The zero-order valence-corrected chi connectivity index (χ0v) is 9.79. The van der Waals surface area contributed by atoms with Crippen molar-refractivity contribution >= 4 is 28.8 Å². The first kappa shape index (κ1) is 11.6. The Bertz CT molecular complexity index is 539. The minimum atomic E-state index is -0.328. The molecule has 88 valence electrons. The van der Waals surface area contributed by atoms with E-state index in [9.17, 15) is 4.39 Å². The first-order valence-corrected chi connectivity index (χ1v) is 5.24. The van der Waals surface area contributed by atoms with Crippen molar-refractivity contribution in [2.75, 3.05) is 11.1 Å². The van der Waals surface area contributed by atoms with E-state index in [4.69, 9.17) is 17.3 Å². The van der Waals surface area contributed by atoms with E-state index in [2.05, 4.69) is 15.3 Å². The van der Waals surface area contributed by atoms with Crippen molar-refractivity contribution < 1.29 is 4.39 Å². The van der Waals surface area contributed by atoms with Crippen molar-refractivity contribution in [2.45, 2.75) is 6.92 Å². The third-order valence-electron chi connectivity index (χ3n) is 2.14. The van der Waals surface area contributed by atoms with E-state index in [-0.39, 0.29) is 16.7 Å². The Balaban J connectivity index is 2.34. The standard InChI is InChI=1S/C11H10ClFN4/c1-6-2-7(13)4-8(3-6)17-11-9(14)10(12)15-5-16-11/h2-5H,14H2,1H3,(H,15,16,17). The van der Waals surface area contributed by atoms with E-state index < -0.39 is 0 Å². The third kappa shape index (κ3) is 2.62. The highest BCUT2D eigenvalue weighted by Gasteiger charge is 2.06. The number of nitrogens with two attached hydrogens (primary N) is 1. The van der Waals surface area contributed by atoms with Crippen LogP contribution in [0.1, 0.15) is 5.56 Å². The summed E-state index contributed by atoms with van der Waals surface area (Å²) in [6.45, 7) is 1.80. The molecular weight excluding hydrogens is 243 g/mol. The largest absolute Gasteiger partial charge is 0.393 e. The van der Waals surface area contributed by atoms with Crippen LogP contribution in [0.5, 0.6) is 0 Å². The number of hydrogen-bond donors (Lipinski definition) is 2. The summed E-state index contributed by atoms with van der Waals surface area (Å²) >= 11 is 5.75. The second kappa shape index (κ2) is 4.55. The lowest BCUT2D eigenvalue weighted by molar-refractivity contribution is 0.627. The molecule has 2 rings (SSSR count). The number of nitrogens with one attached hydrogen (secondary N) is 1. The number of aromatic nitrogens is 2. The third-order valence-corrected chi connectivity index (χ3v) is 2.44. The molecule has 0 aliphatic heterocycles. The maximum absolute atomic E-state index is 13.2. The summed E-state index contributed by atoms with van der Waals surface area (Å²) in [5.41, 5.74) is 7.28. The SMILES string of the molecule is Cc1cc(F)cc(Nc2ncnc(Cl)c2N)c1. The van der Waals surface area contributed by atoms with Crippen LogP contribution in [0, 0.1) is 12.7 Å². The van der Waals surface area contributed by atoms with Gasteiger partial charge in [0.25, 0.3) is 0 Å². The lowest BCUT2D eigenvalue weighted by Gasteiger charge is -2.09. The van der Waals surface area contributed by atoms with Crippen molar-refractivity contribution in [2.24, 2.45) is 0 Å². The highest BCUT2D eigenvalue weighted by molar-refractivity contribution is 6.32. The van der Waals surface area contributed by atoms with Gasteiger partial charge in [-0.05, 0) is 30.7 Å². The zero-order chi connectivity index (χ0) is 12.4. The van der Waals surface area contributed by atoms with Gasteiger partial charge in [0, 0.05) is 5.69 Å². The molecule has 1 aromatic carbocycles. The lowest BCUT2D eigenvalue weighted by atomic mass is 10.2. The Labute approximate surface area is 103 Å². The van der Waals surface area contributed by atoms with Crippen molar-refractivity contribution in [1.29, 1.82) is 0 Å². The minimum absolute atomic E-state index is 0.163. The van der Waals surface area contributed by atoms with E-state index in [0.29, 0.717) is 11.5 Å². The quantitative estimate of drug-likeness (QED) is 0.807. The smallest absolute Gasteiger partial charge is 0.158 e. The predicted octanol–water partition coefficient (Wildman–Crippen LogP) is 2.90. The predicted molar refractivity (Wildman–Crippen MR) is 65.9 cm³/mol. The molecule has 0 fully saturated rings. The number of aryl methyl sites for hydroxylation is 1. The fraction of sp³-hybridized carbons (Fsp3) is 0.0909. The molecule has 3 N–H and O–H groups in total. The maximum atomic E-state index is 13.2. The summed E-state index contributed by atoms with van der Waals surface area (Å²) in [6.07, 6.45) is 1.28. The molecule has 0 amide bonds. The van der Waals surface area contributed by atoms with E-state index in [1.54, 1.807) is 13.0 Å². The Kier molecular flexibility index (Phi) is 3.10. The molecule has 0 saturated heterocycles. The van der Waals surface area contributed by atoms with Crippen LogP contribution in [0.2, 0.25) is 5.15 Å². The van der Waals surface area contributed by atoms with Crippen LogP contribution < -0.4 is 11.1 Å². The average molecular weight is 253 g/mol. The summed E-state index contributed by atoms with van der Waals surface area (Å²) in [5.74, 6) is 0.0289. The van der Waals surface area contributed by atoms with Crippen molar-refractivity contribution in [3.63, 3.8) is 0 Å². The van der Waals surface area contributed by atoms with Gasteiger partial charge in [0.2, 0.25) is 0 Å². The first-order chi connectivity index (χ1) is 8.06. The van der Waals surface area contributed by atoms with Gasteiger partial charge >= 0.3 is 0 Å². The maximum Gasteiger partial charge on any atom is 0.158 e. The monoisotopic (exact) mass is 252 g/mol. The molecule has 17 heavy (non-hydrogen) atoms. The van der Waals surface area contributed by atoms with Crippen molar-refractivity contribution in [3.05, 3.63) is 41.1 Å². The molecule has 0 radical (unpaired) electrons. The summed E-state index contributed by atoms with van der Waals surface area (Å²) < 4.78 is 13.2. The molecule has 0 aliphatic carbocycles. The summed E-state index contributed by atoms with van der Waals surface area (Å²) in [6, 6.07) is 4.56. The van der Waals surface area contributed by atoms with Crippen molar-refractivity contribution in [3.8, 4) is 0 Å². The van der Waals surface area contributed by atoms with Crippen LogP contribution >= 0.6 is 11.6 Å². The number of benzene rings is 1. The van der Waals surface area contributed by atoms with Gasteiger partial charge in [0.15, 0.2) is 11.0 Å². The molecule has 0 unspecified atom stereocenters. The van der Waals surface area contributed by atoms with Gasteiger partial charge in [-0.25, -0.2) is 14.4 Å². The van der Waals surface area contributed by atoms with E-state index in [0.717, 1.165) is 5.56 Å². The fourth-order valence-electron chi connectivity index (χ4n) is 1.42. The van der Waals surface area contributed by atoms with Crippen LogP contribution in [-0.2, 0) is 0 Å². The molecule has 2 aromatic rings. The van der Waals surface area contributed by atoms with Crippen molar-refractivity contribution in [1.82, 2.24) is 9.97 Å². The van der Waals surface area contributed by atoms with E-state index >= 15 is 0 Å². The summed E-state index contributed by atoms with van der Waals surface area (Å²) in [5, 5.41) is 3.06. The van der Waals surface area contributed by atoms with E-state index in [1.807, 2.05) is 0 Å². The van der Waals surface area contributed by atoms with Gasteiger partial charge in [-0.15, -0.1) is 0 Å². The number of anilines is 3. The van der Waals surface area contributed by atoms with Gasteiger partial charge in [-0.2, -0.15) is 0 Å². The summed E-state index contributed by atoms with van der Waals surface area (Å²) in [4.78, 5) is 7.67. The number of nitrogens with zero attached hydrogens (tertiary/aromatic N) is 2. The Morgan fingerprint density at radius 3 is 2.76 bits per heavy atom. The molecule has 1 aromatic heterocycles. The van der Waals surface area contributed by atoms with E-state index in [1.165, 1.54) is 18.5 Å². The molecule has 0 aliphatic rings. The highest BCUT2D eigenvalue weighted by Crippen LogP contribution is 2.26. The minimum Gasteiger partial charge on any atom is -0.393 e. The lowest BCUT2D eigenvalue weighted by Crippen LogP contribution is -2.01. The van der Waals surface area contributed by atoms with Crippen LogP contribution in [0.15, 0.2) is 24.5 Å². The van der Waals surface area contributed by atoms with Gasteiger partial charge in [-0.1, -0.05) is 11.6 Å². The molecule has 6 heteroatoms. The zero-order valence-electron chi connectivity index (χ0n) is 9.04. The number of rotatable bonds is 2. The number of halogens is 2. The van der Waals surface area contributed by atoms with Crippen LogP contribution in [-0.4, -0.2) is 9.97 Å². The normalized spacial score (nSPS) is 10.3. The molecule has 0 atom stereocenters. The van der Waals surface area contributed by atoms with Gasteiger partial charge in [-0.3, -0.25) is 0 Å². The molecule has 4 nitrogen and oxygen atoms in total. The van der Waals surface area contributed by atoms with Gasteiger partial charge in [0.1, 0.15) is 17.8 Å². The molecule has 0 bridgehead atoms. The second-order valence-electron chi connectivity index (χ2n) is 3.57. The first-order valence-electron chi connectivity index (χ1n) is 4.86. The molecular formula is C11H10ClFN4. The fourth-order valence-corrected chi connectivity index (χ4v) is 1.55. The number of nitrogen functional groups attached to an aromatic ring is 1. The van der Waals surface area contributed by atoms with Crippen LogP contribution in [0.4, 0.5) is 21.6 Å². The second-order valence-corrected chi connectivity index (χ2v) is 3.93. The number of hydrogen-bond acceptors (Lipinski definition) is 4.